The van der Waals surface area contributed by atoms with E-state index in [0.29, 0.717) is 11.1 Å². The molecule has 1 saturated carbocycles. The van der Waals surface area contributed by atoms with E-state index in [1.165, 1.54) is 6.42 Å². The maximum Gasteiger partial charge on any atom is 0.220 e. The largest absolute Gasteiger partial charge is 0.369 e. The van der Waals surface area contributed by atoms with Gasteiger partial charge in [0.25, 0.3) is 0 Å². The van der Waals surface area contributed by atoms with Crippen LogP contribution in [0, 0.1) is 0 Å². The summed E-state index contributed by atoms with van der Waals surface area (Å²) in [5.41, 5.74) is 12.7. The van der Waals surface area contributed by atoms with E-state index >= 15 is 0 Å². The maximum atomic E-state index is 6.25. The first-order valence-electron chi connectivity index (χ1n) is 8.12. The quantitative estimate of drug-likeness (QED) is 0.779. The Morgan fingerprint density at radius 3 is 2.62 bits per heavy atom. The van der Waals surface area contributed by atoms with Gasteiger partial charge in [-0.1, -0.05) is 24.1 Å². The van der Waals surface area contributed by atoms with E-state index in [1.54, 1.807) is 6.20 Å². The fraction of sp³-hybridized carbons (Fsp3) is 0.353. The summed E-state index contributed by atoms with van der Waals surface area (Å²) in [6, 6.07) is 7.94. The summed E-state index contributed by atoms with van der Waals surface area (Å²) in [6.45, 7) is 0. The van der Waals surface area contributed by atoms with Crippen molar-refractivity contribution in [1.29, 1.82) is 0 Å². The summed E-state index contributed by atoms with van der Waals surface area (Å²) in [6.07, 6.45) is 7.02. The summed E-state index contributed by atoms with van der Waals surface area (Å²) < 4.78 is 0. The summed E-state index contributed by atoms with van der Waals surface area (Å²) in [5.74, 6) is 0.658. The molecule has 1 aromatic carbocycles. The van der Waals surface area contributed by atoms with Crippen LogP contribution in [0.15, 0.2) is 40.4 Å². The van der Waals surface area contributed by atoms with E-state index in [0.717, 1.165) is 42.1 Å². The maximum absolute atomic E-state index is 6.25. The van der Waals surface area contributed by atoms with Crippen molar-refractivity contribution in [2.24, 2.45) is 21.5 Å². The molecule has 0 atom stereocenters. The van der Waals surface area contributed by atoms with Crippen LogP contribution in [0.5, 0.6) is 0 Å². The van der Waals surface area contributed by atoms with Crippen LogP contribution in [-0.2, 0) is 0 Å². The number of hydrogen-bond acceptors (Lipinski definition) is 6. The summed E-state index contributed by atoms with van der Waals surface area (Å²) in [5, 5.41) is 2.51. The van der Waals surface area contributed by atoms with Crippen molar-refractivity contribution in [2.45, 2.75) is 37.8 Å². The zero-order valence-corrected chi connectivity index (χ0v) is 14.0. The number of fused-ring (bicyclic) bond motifs is 1. The van der Waals surface area contributed by atoms with Gasteiger partial charge in [0.05, 0.1) is 0 Å². The first kappa shape index (κ1) is 15.2. The highest BCUT2D eigenvalue weighted by Crippen LogP contribution is 2.40. The monoisotopic (exact) mass is 342 g/mol. The molecule has 1 fully saturated rings. The lowest BCUT2D eigenvalue weighted by Gasteiger charge is -2.45. The lowest BCUT2D eigenvalue weighted by molar-refractivity contribution is 0.305. The molecule has 0 saturated heterocycles. The molecule has 124 valence electrons. The lowest BCUT2D eigenvalue weighted by atomic mass is 9.87. The van der Waals surface area contributed by atoms with E-state index in [2.05, 4.69) is 16.0 Å². The Morgan fingerprint density at radius 1 is 1.04 bits per heavy atom. The summed E-state index contributed by atoms with van der Waals surface area (Å²) in [4.78, 5) is 15.1. The molecule has 0 radical (unpaired) electrons. The Hall–Kier alpha value is -2.34. The van der Waals surface area contributed by atoms with Crippen molar-refractivity contribution in [3.05, 3.63) is 35.6 Å². The SMILES string of the molecule is NC1=NC2(CCCCC2)N(c2ccc3cc(Cl)ncc3c2)C(N)=N1. The number of nitrogens with two attached hydrogens (primary N) is 2. The van der Waals surface area contributed by atoms with E-state index in [9.17, 15) is 0 Å². The van der Waals surface area contributed by atoms with Gasteiger partial charge in [0.2, 0.25) is 11.9 Å². The molecule has 2 heterocycles. The molecule has 7 heteroatoms. The average Bonchev–Trinajstić information content (AvgIpc) is 2.55. The van der Waals surface area contributed by atoms with Crippen molar-refractivity contribution in [3.63, 3.8) is 0 Å². The van der Waals surface area contributed by atoms with E-state index in [1.807, 2.05) is 23.1 Å². The van der Waals surface area contributed by atoms with Gasteiger partial charge in [-0.15, -0.1) is 0 Å². The molecular weight excluding hydrogens is 324 g/mol. The van der Waals surface area contributed by atoms with E-state index < -0.39 is 5.66 Å². The zero-order chi connectivity index (χ0) is 16.7. The van der Waals surface area contributed by atoms with Crippen molar-refractivity contribution in [1.82, 2.24) is 4.98 Å². The summed E-state index contributed by atoms with van der Waals surface area (Å²) in [7, 11) is 0. The number of halogens is 1. The number of nitrogens with zero attached hydrogens (tertiary/aromatic N) is 4. The fourth-order valence-corrected chi connectivity index (χ4v) is 3.90. The minimum absolute atomic E-state index is 0.264. The third kappa shape index (κ3) is 2.47. The molecule has 0 unspecified atom stereocenters. The number of rotatable bonds is 1. The highest BCUT2D eigenvalue weighted by Gasteiger charge is 2.42. The van der Waals surface area contributed by atoms with Gasteiger partial charge in [0, 0.05) is 17.3 Å². The van der Waals surface area contributed by atoms with Gasteiger partial charge in [-0.2, -0.15) is 4.99 Å². The highest BCUT2D eigenvalue weighted by molar-refractivity contribution is 6.30. The zero-order valence-electron chi connectivity index (χ0n) is 13.2. The smallest absolute Gasteiger partial charge is 0.220 e. The van der Waals surface area contributed by atoms with Crippen LogP contribution in [-0.4, -0.2) is 22.6 Å². The van der Waals surface area contributed by atoms with Crippen LogP contribution in [0.4, 0.5) is 5.69 Å². The molecule has 0 bridgehead atoms. The normalized spacial score (nSPS) is 20.1. The minimum Gasteiger partial charge on any atom is -0.369 e. The predicted octanol–water partition coefficient (Wildman–Crippen LogP) is 3.00. The van der Waals surface area contributed by atoms with Gasteiger partial charge in [-0.25, -0.2) is 9.98 Å². The van der Waals surface area contributed by atoms with Crippen LogP contribution in [0.2, 0.25) is 5.15 Å². The minimum atomic E-state index is -0.429. The van der Waals surface area contributed by atoms with Gasteiger partial charge in [-0.3, -0.25) is 4.90 Å². The van der Waals surface area contributed by atoms with Crippen molar-refractivity contribution in [2.75, 3.05) is 4.90 Å². The molecule has 2 aromatic rings. The van der Waals surface area contributed by atoms with Crippen LogP contribution >= 0.6 is 11.6 Å². The highest BCUT2D eigenvalue weighted by atomic mass is 35.5. The number of guanidine groups is 2. The predicted molar refractivity (Wildman–Crippen MR) is 98.3 cm³/mol. The number of pyridine rings is 1. The van der Waals surface area contributed by atoms with Crippen molar-refractivity contribution < 1.29 is 0 Å². The average molecular weight is 343 g/mol. The first-order chi connectivity index (χ1) is 11.6. The van der Waals surface area contributed by atoms with Gasteiger partial charge in [0.1, 0.15) is 10.8 Å². The van der Waals surface area contributed by atoms with Crippen LogP contribution in [0.1, 0.15) is 32.1 Å². The number of hydrogen-bond donors (Lipinski definition) is 2. The molecule has 1 aromatic heterocycles. The van der Waals surface area contributed by atoms with Crippen LogP contribution in [0.3, 0.4) is 0 Å². The Kier molecular flexibility index (Phi) is 3.57. The number of anilines is 1. The molecule has 6 nitrogen and oxygen atoms in total. The Labute approximate surface area is 145 Å². The molecule has 2 aliphatic rings. The van der Waals surface area contributed by atoms with Gasteiger partial charge in [-0.05, 0) is 49.3 Å². The van der Waals surface area contributed by atoms with E-state index in [-0.39, 0.29) is 5.96 Å². The molecule has 1 aliphatic carbocycles. The number of benzene rings is 1. The number of aromatic nitrogens is 1. The number of aliphatic imine (C=N–C) groups is 2. The second-order valence-corrected chi connectivity index (χ2v) is 6.74. The topological polar surface area (TPSA) is 92.9 Å². The second kappa shape index (κ2) is 5.63. The van der Waals surface area contributed by atoms with Gasteiger partial charge >= 0.3 is 0 Å². The third-order valence-electron chi connectivity index (χ3n) is 4.78. The first-order valence-corrected chi connectivity index (χ1v) is 8.50. The lowest BCUT2D eigenvalue weighted by Crippen LogP contribution is -2.58. The third-order valence-corrected chi connectivity index (χ3v) is 4.99. The molecule has 0 amide bonds. The van der Waals surface area contributed by atoms with Gasteiger partial charge in [0.15, 0.2) is 0 Å². The molecule has 4 rings (SSSR count). The molecular formula is C17H19ClN6. The van der Waals surface area contributed by atoms with E-state index in [4.69, 9.17) is 28.1 Å². The molecule has 24 heavy (non-hydrogen) atoms. The molecule has 1 spiro atoms. The van der Waals surface area contributed by atoms with Gasteiger partial charge < -0.3 is 11.5 Å². The Morgan fingerprint density at radius 2 is 1.83 bits per heavy atom. The van der Waals surface area contributed by atoms with Crippen LogP contribution in [0.25, 0.3) is 10.8 Å². The standard InChI is InChI=1S/C17H19ClN6/c18-14-9-11-4-5-13(8-12(11)10-21-14)24-16(20)22-15(19)23-17(24)6-2-1-3-7-17/h4-5,8-10H,1-3,6-7H2,(H4,19,20,22,23). The Bertz CT molecular complexity index is 853. The fourth-order valence-electron chi connectivity index (χ4n) is 3.74. The summed E-state index contributed by atoms with van der Waals surface area (Å²) >= 11 is 5.97. The molecule has 4 N–H and O–H groups in total. The van der Waals surface area contributed by atoms with Crippen molar-refractivity contribution >= 4 is 40.0 Å². The van der Waals surface area contributed by atoms with Crippen LogP contribution < -0.4 is 16.4 Å². The van der Waals surface area contributed by atoms with Crippen molar-refractivity contribution in [3.8, 4) is 0 Å². The second-order valence-electron chi connectivity index (χ2n) is 6.36. The molecule has 1 aliphatic heterocycles. The Balaban J connectivity index is 1.83.